The summed E-state index contributed by atoms with van der Waals surface area (Å²) < 4.78 is 30.6. The van der Waals surface area contributed by atoms with Crippen LogP contribution >= 0.6 is 0 Å². The Morgan fingerprint density at radius 2 is 1.89 bits per heavy atom. The highest BCUT2D eigenvalue weighted by atomic mass is 19.3. The summed E-state index contributed by atoms with van der Waals surface area (Å²) in [7, 11) is 0. The number of nitrogens with one attached hydrogen (secondary N) is 2. The highest BCUT2D eigenvalue weighted by molar-refractivity contribution is 5.92. The number of benzene rings is 2. The third kappa shape index (κ3) is 4.41. The topological polar surface area (TPSA) is 76.1 Å². The van der Waals surface area contributed by atoms with Gasteiger partial charge in [-0.1, -0.05) is 35.9 Å². The van der Waals surface area contributed by atoms with Gasteiger partial charge in [0.1, 0.15) is 11.4 Å². The molecule has 0 atom stereocenters. The van der Waals surface area contributed by atoms with Crippen molar-refractivity contribution in [1.29, 1.82) is 0 Å². The molecule has 0 fully saturated rings. The predicted molar refractivity (Wildman–Crippen MR) is 95.4 cm³/mol. The predicted octanol–water partition coefficient (Wildman–Crippen LogP) is 3.01. The van der Waals surface area contributed by atoms with E-state index in [1.54, 1.807) is 30.3 Å². The van der Waals surface area contributed by atoms with Crippen LogP contribution in [0.4, 0.5) is 8.78 Å². The highest BCUT2D eigenvalue weighted by Gasteiger charge is 2.14. The quantitative estimate of drug-likeness (QED) is 0.697. The van der Waals surface area contributed by atoms with Crippen molar-refractivity contribution < 1.29 is 18.3 Å². The van der Waals surface area contributed by atoms with Crippen LogP contribution in [0.3, 0.4) is 0 Å². The number of hydrogen-bond donors (Lipinski definition) is 2. The lowest BCUT2D eigenvalue weighted by Gasteiger charge is -2.11. The van der Waals surface area contributed by atoms with Gasteiger partial charge in [0.05, 0.1) is 5.69 Å². The van der Waals surface area contributed by atoms with Crippen LogP contribution in [0.15, 0.2) is 59.4 Å². The number of H-pyrrole nitrogens is 1. The Kier molecular flexibility index (Phi) is 5.35. The van der Waals surface area contributed by atoms with Gasteiger partial charge in [-0.3, -0.25) is 14.7 Å². The number of carbonyl (C=O) groups excluding carboxylic acids is 1. The second-order valence-electron chi connectivity index (χ2n) is 5.85. The van der Waals surface area contributed by atoms with E-state index in [9.17, 15) is 18.4 Å². The fraction of sp³-hybridized carbons (Fsp3) is 0.158. The number of aromatic amines is 1. The summed E-state index contributed by atoms with van der Waals surface area (Å²) in [5.41, 5.74) is 1.71. The lowest BCUT2D eigenvalue weighted by Crippen LogP contribution is -2.24. The number of hydrogen-bond acceptors (Lipinski definition) is 3. The molecule has 140 valence electrons. The van der Waals surface area contributed by atoms with Crippen molar-refractivity contribution in [1.82, 2.24) is 15.1 Å². The summed E-state index contributed by atoms with van der Waals surface area (Å²) >= 11 is 0. The van der Waals surface area contributed by atoms with E-state index in [2.05, 4.69) is 15.2 Å². The molecule has 8 heteroatoms. The van der Waals surface area contributed by atoms with Crippen LogP contribution in [-0.4, -0.2) is 22.3 Å². The summed E-state index contributed by atoms with van der Waals surface area (Å²) in [6.45, 7) is -1.06. The van der Waals surface area contributed by atoms with E-state index in [-0.39, 0.29) is 23.5 Å². The Hall–Kier alpha value is -3.42. The monoisotopic (exact) mass is 373 g/mol. The van der Waals surface area contributed by atoms with E-state index in [1.807, 2.05) is 19.1 Å². The van der Waals surface area contributed by atoms with Gasteiger partial charge in [-0.05, 0) is 25.1 Å². The largest absolute Gasteiger partial charge is 0.434 e. The van der Waals surface area contributed by atoms with Crippen molar-refractivity contribution in [2.45, 2.75) is 20.1 Å². The number of amides is 1. The van der Waals surface area contributed by atoms with E-state index in [0.717, 1.165) is 5.56 Å². The molecular weight excluding hydrogens is 356 g/mol. The molecule has 0 bridgehead atoms. The summed E-state index contributed by atoms with van der Waals surface area (Å²) in [4.78, 5) is 24.4. The average Bonchev–Trinajstić information content (AvgIpc) is 3.03. The molecule has 1 amide bonds. The molecule has 2 N–H and O–H groups in total. The van der Waals surface area contributed by atoms with Crippen molar-refractivity contribution in [3.8, 4) is 11.4 Å². The first-order valence-electron chi connectivity index (χ1n) is 8.14. The number of nitrogens with zero attached hydrogens (tertiary/aromatic N) is 1. The highest BCUT2D eigenvalue weighted by Crippen LogP contribution is 2.20. The van der Waals surface area contributed by atoms with Gasteiger partial charge < -0.3 is 10.1 Å². The summed E-state index contributed by atoms with van der Waals surface area (Å²) in [6, 6.07) is 14.6. The first-order chi connectivity index (χ1) is 12.9. The number of carbonyl (C=O) groups is 1. The van der Waals surface area contributed by atoms with Crippen LogP contribution in [0.25, 0.3) is 5.69 Å². The number of aromatic nitrogens is 2. The van der Waals surface area contributed by atoms with E-state index in [4.69, 9.17) is 0 Å². The van der Waals surface area contributed by atoms with Crippen molar-refractivity contribution in [2.75, 3.05) is 0 Å². The Morgan fingerprint density at radius 1 is 1.19 bits per heavy atom. The Morgan fingerprint density at radius 3 is 2.59 bits per heavy atom. The zero-order chi connectivity index (χ0) is 19.4. The maximum atomic E-state index is 12.4. The number of alkyl halides is 2. The van der Waals surface area contributed by atoms with E-state index in [0.29, 0.717) is 11.3 Å². The van der Waals surface area contributed by atoms with Crippen LogP contribution in [-0.2, 0) is 6.54 Å². The zero-order valence-electron chi connectivity index (χ0n) is 14.4. The van der Waals surface area contributed by atoms with Gasteiger partial charge in [0.25, 0.3) is 11.5 Å². The second-order valence-corrected chi connectivity index (χ2v) is 5.85. The van der Waals surface area contributed by atoms with E-state index in [1.165, 1.54) is 16.8 Å². The molecule has 0 saturated carbocycles. The molecule has 0 radical (unpaired) electrons. The maximum absolute atomic E-state index is 12.4. The van der Waals surface area contributed by atoms with Gasteiger partial charge in [-0.2, -0.15) is 8.78 Å². The fourth-order valence-electron chi connectivity index (χ4n) is 2.53. The van der Waals surface area contributed by atoms with E-state index >= 15 is 0 Å². The maximum Gasteiger partial charge on any atom is 0.387 e. The summed E-state index contributed by atoms with van der Waals surface area (Å²) in [5, 5.41) is 5.32. The lowest BCUT2D eigenvalue weighted by molar-refractivity contribution is -0.0504. The molecule has 6 nitrogen and oxygen atoms in total. The molecule has 0 aliphatic heterocycles. The lowest BCUT2D eigenvalue weighted by atomic mass is 10.2. The molecule has 3 aromatic rings. The summed E-state index contributed by atoms with van der Waals surface area (Å²) in [6.07, 6.45) is 0. The Balaban J connectivity index is 1.74. The number of ether oxygens (including phenoxy) is 1. The molecule has 27 heavy (non-hydrogen) atoms. The third-order valence-electron chi connectivity index (χ3n) is 3.89. The summed E-state index contributed by atoms with van der Waals surface area (Å²) in [5.74, 6) is -0.552. The Bertz CT molecular complexity index is 994. The van der Waals surface area contributed by atoms with Crippen LogP contribution in [0.5, 0.6) is 5.75 Å². The molecule has 1 aromatic heterocycles. The minimum atomic E-state index is -2.96. The van der Waals surface area contributed by atoms with Crippen molar-refractivity contribution in [3.63, 3.8) is 0 Å². The molecule has 0 unspecified atom stereocenters. The van der Waals surface area contributed by atoms with Crippen LogP contribution in [0.2, 0.25) is 0 Å². The minimum Gasteiger partial charge on any atom is -0.434 e. The Labute approximate surface area is 153 Å². The van der Waals surface area contributed by atoms with Crippen molar-refractivity contribution in [3.05, 3.63) is 81.8 Å². The van der Waals surface area contributed by atoms with Gasteiger partial charge in [-0.25, -0.2) is 4.68 Å². The number of aryl methyl sites for hydroxylation is 1. The third-order valence-corrected chi connectivity index (χ3v) is 3.89. The fourth-order valence-corrected chi connectivity index (χ4v) is 2.53. The van der Waals surface area contributed by atoms with Crippen molar-refractivity contribution >= 4 is 5.91 Å². The molecule has 0 saturated heterocycles. The number of para-hydroxylation sites is 1. The molecule has 0 aliphatic rings. The van der Waals surface area contributed by atoms with Crippen LogP contribution in [0, 0.1) is 6.92 Å². The number of rotatable bonds is 6. The molecule has 2 aromatic carbocycles. The molecule has 1 heterocycles. The second kappa shape index (κ2) is 7.86. The van der Waals surface area contributed by atoms with Gasteiger partial charge in [0.2, 0.25) is 0 Å². The van der Waals surface area contributed by atoms with E-state index < -0.39 is 12.5 Å². The molecule has 3 rings (SSSR count). The first kappa shape index (κ1) is 18.4. The molecule has 0 spiro atoms. The minimum absolute atomic E-state index is 0.0153. The average molecular weight is 373 g/mol. The standard InChI is InChI=1S/C19H17F2N3O3/c1-12-6-8-14(9-7-12)24-17(25)10-15(23-24)18(26)22-11-13-4-2-3-5-16(13)27-19(20)21/h2-10,19,23H,11H2,1H3,(H,22,26). The SMILES string of the molecule is Cc1ccc(-n2[nH]c(C(=O)NCc3ccccc3OC(F)F)cc2=O)cc1. The molecular formula is C19H17F2N3O3. The van der Waals surface area contributed by atoms with Gasteiger partial charge >= 0.3 is 6.61 Å². The van der Waals surface area contributed by atoms with Crippen LogP contribution < -0.4 is 15.6 Å². The zero-order valence-corrected chi connectivity index (χ0v) is 14.4. The normalized spacial score (nSPS) is 10.8. The van der Waals surface area contributed by atoms with Crippen LogP contribution in [0.1, 0.15) is 21.6 Å². The van der Waals surface area contributed by atoms with Gasteiger partial charge in [-0.15, -0.1) is 0 Å². The smallest absolute Gasteiger partial charge is 0.387 e. The molecule has 0 aliphatic carbocycles. The first-order valence-corrected chi connectivity index (χ1v) is 8.14. The number of halogens is 2. The van der Waals surface area contributed by atoms with Crippen molar-refractivity contribution in [2.24, 2.45) is 0 Å². The van der Waals surface area contributed by atoms with Gasteiger partial charge in [0.15, 0.2) is 0 Å². The van der Waals surface area contributed by atoms with Gasteiger partial charge in [0, 0.05) is 18.2 Å².